The number of rotatable bonds is 44. The van der Waals surface area contributed by atoms with E-state index >= 15 is 0 Å². The second kappa shape index (κ2) is 42.2. The third-order valence-electron chi connectivity index (χ3n) is 10.1. The summed E-state index contributed by atoms with van der Waals surface area (Å²) in [6.07, 6.45) is 51.2. The van der Waals surface area contributed by atoms with Gasteiger partial charge in [-0.05, 0) is 77.0 Å². The predicted octanol–water partition coefficient (Wildman–Crippen LogP) is 13.7. The summed E-state index contributed by atoms with van der Waals surface area (Å²) in [4.78, 5) is 25.1. The van der Waals surface area contributed by atoms with Crippen LogP contribution in [0.1, 0.15) is 200 Å². The van der Waals surface area contributed by atoms with Crippen LogP contribution in [0.5, 0.6) is 0 Å². The highest BCUT2D eigenvalue weighted by Gasteiger charge is 2.20. The van der Waals surface area contributed by atoms with Gasteiger partial charge in [0.1, 0.15) is 19.3 Å². The van der Waals surface area contributed by atoms with Gasteiger partial charge >= 0.3 is 5.97 Å². The highest BCUT2D eigenvalue weighted by Crippen LogP contribution is 2.38. The molecule has 340 valence electrons. The maximum Gasteiger partial charge on any atom is 0.306 e. The molecule has 0 bridgehead atoms. The number of carbonyl (C=O) groups is 1. The molecule has 2 atom stereocenters. The van der Waals surface area contributed by atoms with Gasteiger partial charge in [-0.2, -0.15) is 0 Å². The van der Waals surface area contributed by atoms with Crippen molar-refractivity contribution in [2.45, 2.75) is 206 Å². The lowest BCUT2D eigenvalue weighted by atomic mass is 10.1. The van der Waals surface area contributed by atoms with Crippen LogP contribution in [-0.2, 0) is 27.9 Å². The molecule has 0 fully saturated rings. The maximum atomic E-state index is 12.7. The van der Waals surface area contributed by atoms with Crippen molar-refractivity contribution in [3.05, 3.63) is 48.6 Å². The van der Waals surface area contributed by atoms with Crippen molar-refractivity contribution >= 4 is 13.8 Å². The number of esters is 1. The van der Waals surface area contributed by atoms with E-state index in [9.17, 15) is 14.3 Å². The van der Waals surface area contributed by atoms with Gasteiger partial charge in [-0.1, -0.05) is 165 Å². The second-order valence-corrected chi connectivity index (χ2v) is 18.5. The van der Waals surface area contributed by atoms with Crippen LogP contribution in [-0.4, -0.2) is 70.7 Å². The molecule has 0 aliphatic carbocycles. The SMILES string of the molecule is CCCCC/C=C\C/C=C\CCCCCCCCCC(=O)OC(COCCCCCCCCCC/C=C\C/C=C\CCCCCC)COP(=O)([O-])OCC[N+](C)(C)C. The molecular weight excluding hydrogens is 746 g/mol. The molecule has 0 aromatic carbocycles. The first-order valence-corrected chi connectivity index (χ1v) is 25.3. The Morgan fingerprint density at radius 3 is 1.43 bits per heavy atom. The Hall–Kier alpha value is -1.54. The monoisotopic (exact) mass is 838 g/mol. The fraction of sp³-hybridized carbons (Fsp3) is 0.816. The predicted molar refractivity (Wildman–Crippen MR) is 245 cm³/mol. The summed E-state index contributed by atoms with van der Waals surface area (Å²) in [5.41, 5.74) is 0. The largest absolute Gasteiger partial charge is 0.756 e. The second-order valence-electron chi connectivity index (χ2n) is 17.1. The number of hydrogen-bond acceptors (Lipinski definition) is 7. The van der Waals surface area contributed by atoms with Crippen molar-refractivity contribution in [2.24, 2.45) is 0 Å². The number of unbranched alkanes of at least 4 members (excludes halogenated alkanes) is 22. The minimum absolute atomic E-state index is 0.0220. The smallest absolute Gasteiger partial charge is 0.306 e. The zero-order chi connectivity index (χ0) is 42.7. The number of allylic oxidation sites excluding steroid dienone is 8. The van der Waals surface area contributed by atoms with Crippen molar-refractivity contribution in [3.63, 3.8) is 0 Å². The normalized spacial score (nSPS) is 14.1. The van der Waals surface area contributed by atoms with E-state index in [2.05, 4.69) is 62.5 Å². The molecule has 0 aromatic rings. The Morgan fingerprint density at radius 1 is 0.534 bits per heavy atom. The molecule has 2 unspecified atom stereocenters. The topological polar surface area (TPSA) is 94.1 Å². The molecule has 0 saturated heterocycles. The third kappa shape index (κ3) is 45.5. The average molecular weight is 838 g/mol. The first kappa shape index (κ1) is 56.5. The molecule has 0 N–H and O–H groups in total. The van der Waals surface area contributed by atoms with E-state index in [0.29, 0.717) is 24.1 Å². The standard InChI is InChI=1S/C49H92NO7P/c1-6-8-10-12-14-16-18-20-22-24-25-27-29-31-33-35-37-39-41-44-54-46-48(47-56-58(52,53)55-45-43-50(3,4)5)57-49(51)42-40-38-36-34-32-30-28-26-23-21-19-17-15-13-11-9-7-2/h15-18,21-24,48H,6-14,19-20,25-47H2,1-5H3/b17-15-,18-16-,23-21-,24-22-. The number of likely N-dealkylation sites (N-methyl/N-ethyl adjacent to an activating group) is 1. The van der Waals surface area contributed by atoms with Crippen LogP contribution < -0.4 is 4.89 Å². The van der Waals surface area contributed by atoms with Crippen molar-refractivity contribution in [1.82, 2.24) is 0 Å². The lowest BCUT2D eigenvalue weighted by Crippen LogP contribution is -2.37. The van der Waals surface area contributed by atoms with E-state index in [1.165, 1.54) is 128 Å². The number of hydrogen-bond donors (Lipinski definition) is 0. The van der Waals surface area contributed by atoms with Gasteiger partial charge in [-0.25, -0.2) is 0 Å². The van der Waals surface area contributed by atoms with Gasteiger partial charge in [-0.3, -0.25) is 9.36 Å². The summed E-state index contributed by atoms with van der Waals surface area (Å²) >= 11 is 0. The van der Waals surface area contributed by atoms with Crippen molar-refractivity contribution in [2.75, 3.05) is 54.1 Å². The van der Waals surface area contributed by atoms with Gasteiger partial charge in [0.15, 0.2) is 0 Å². The van der Waals surface area contributed by atoms with E-state index in [4.69, 9.17) is 18.5 Å². The van der Waals surface area contributed by atoms with E-state index in [1.807, 2.05) is 21.1 Å². The molecule has 0 spiro atoms. The summed E-state index contributed by atoms with van der Waals surface area (Å²) < 4.78 is 34.7. The minimum atomic E-state index is -4.53. The summed E-state index contributed by atoms with van der Waals surface area (Å²) in [5, 5.41) is 0. The lowest BCUT2D eigenvalue weighted by Gasteiger charge is -2.28. The Kier molecular flexibility index (Phi) is 41.0. The summed E-state index contributed by atoms with van der Waals surface area (Å²) in [6, 6.07) is 0. The first-order valence-electron chi connectivity index (χ1n) is 23.9. The third-order valence-corrected chi connectivity index (χ3v) is 11.1. The van der Waals surface area contributed by atoms with Crippen molar-refractivity contribution < 1.29 is 37.3 Å². The molecule has 0 rings (SSSR count). The zero-order valence-corrected chi connectivity index (χ0v) is 39.4. The van der Waals surface area contributed by atoms with Crippen LogP contribution in [0, 0.1) is 0 Å². The summed E-state index contributed by atoms with van der Waals surface area (Å²) in [5.74, 6) is -0.344. The van der Waals surface area contributed by atoms with Gasteiger partial charge < -0.3 is 27.9 Å². The fourth-order valence-electron chi connectivity index (χ4n) is 6.37. The van der Waals surface area contributed by atoms with Gasteiger partial charge in [-0.15, -0.1) is 0 Å². The lowest BCUT2D eigenvalue weighted by molar-refractivity contribution is -0.870. The summed E-state index contributed by atoms with van der Waals surface area (Å²) in [7, 11) is 1.34. The van der Waals surface area contributed by atoms with Crippen LogP contribution in [0.3, 0.4) is 0 Å². The molecule has 0 radical (unpaired) electrons. The van der Waals surface area contributed by atoms with Gasteiger partial charge in [0, 0.05) is 13.0 Å². The minimum Gasteiger partial charge on any atom is -0.756 e. The van der Waals surface area contributed by atoms with E-state index in [1.54, 1.807) is 0 Å². The van der Waals surface area contributed by atoms with Crippen LogP contribution in [0.25, 0.3) is 0 Å². The van der Waals surface area contributed by atoms with E-state index in [0.717, 1.165) is 51.4 Å². The van der Waals surface area contributed by atoms with Gasteiger partial charge in [0.2, 0.25) is 0 Å². The van der Waals surface area contributed by atoms with Crippen molar-refractivity contribution in [1.29, 1.82) is 0 Å². The maximum absolute atomic E-state index is 12.7. The van der Waals surface area contributed by atoms with E-state index < -0.39 is 13.9 Å². The molecule has 0 aromatic heterocycles. The number of phosphoric ester groups is 1. The Bertz CT molecular complexity index is 1070. The van der Waals surface area contributed by atoms with E-state index in [-0.39, 0.29) is 25.8 Å². The van der Waals surface area contributed by atoms with Crippen LogP contribution in [0.4, 0.5) is 0 Å². The first-order chi connectivity index (χ1) is 28.1. The van der Waals surface area contributed by atoms with Gasteiger partial charge in [0.25, 0.3) is 7.82 Å². The number of carbonyl (C=O) groups excluding carboxylic acids is 1. The zero-order valence-electron chi connectivity index (χ0n) is 38.5. The number of quaternary nitrogens is 1. The van der Waals surface area contributed by atoms with Crippen LogP contribution in [0.15, 0.2) is 48.6 Å². The molecule has 0 amide bonds. The van der Waals surface area contributed by atoms with Gasteiger partial charge in [0.05, 0.1) is 34.4 Å². The molecule has 0 saturated carbocycles. The number of nitrogens with zero attached hydrogens (tertiary/aromatic N) is 1. The van der Waals surface area contributed by atoms with Crippen LogP contribution >= 0.6 is 7.82 Å². The molecular formula is C49H92NO7P. The number of ether oxygens (including phenoxy) is 2. The van der Waals surface area contributed by atoms with Crippen molar-refractivity contribution in [3.8, 4) is 0 Å². The fourth-order valence-corrected chi connectivity index (χ4v) is 7.10. The molecule has 0 aliphatic heterocycles. The number of phosphoric acid groups is 1. The molecule has 8 nitrogen and oxygen atoms in total. The van der Waals surface area contributed by atoms with Crippen LogP contribution in [0.2, 0.25) is 0 Å². The molecule has 58 heavy (non-hydrogen) atoms. The molecule has 0 heterocycles. The molecule has 0 aliphatic rings. The Balaban J connectivity index is 4.21. The Labute approximate surface area is 358 Å². The quantitative estimate of drug-likeness (QED) is 0.0198. The highest BCUT2D eigenvalue weighted by atomic mass is 31.2. The molecule has 9 heteroatoms. The average Bonchev–Trinajstić information content (AvgIpc) is 3.18. The summed E-state index contributed by atoms with van der Waals surface area (Å²) in [6.45, 7) is 5.36. The highest BCUT2D eigenvalue weighted by molar-refractivity contribution is 7.45. The Morgan fingerprint density at radius 2 is 0.948 bits per heavy atom.